The summed E-state index contributed by atoms with van der Waals surface area (Å²) in [5.41, 5.74) is 0. The van der Waals surface area contributed by atoms with Gasteiger partial charge in [-0.25, -0.2) is 0 Å². The fourth-order valence-corrected chi connectivity index (χ4v) is 1.73. The lowest BCUT2D eigenvalue weighted by atomic mass is 10.0. The minimum atomic E-state index is 0.736. The second-order valence-electron chi connectivity index (χ2n) is 3.43. The molecule has 2 heteroatoms. The fourth-order valence-electron chi connectivity index (χ4n) is 1.03. The van der Waals surface area contributed by atoms with Crippen molar-refractivity contribution < 1.29 is 0 Å². The Balaban J connectivity index is 3.12. The van der Waals surface area contributed by atoms with Gasteiger partial charge < -0.3 is 5.32 Å². The number of rotatable bonds is 5. The van der Waals surface area contributed by atoms with Gasteiger partial charge in [0.2, 0.25) is 0 Å². The molecule has 0 rings (SSSR count). The van der Waals surface area contributed by atoms with Gasteiger partial charge in [0.05, 0.1) is 0 Å². The van der Waals surface area contributed by atoms with E-state index in [1.807, 2.05) is 0 Å². The number of hydrogen-bond donors (Lipinski definition) is 1. The molecule has 62 valence electrons. The van der Waals surface area contributed by atoms with Crippen LogP contribution < -0.4 is 5.32 Å². The minimum absolute atomic E-state index is 0.736. The zero-order valence-electron chi connectivity index (χ0n) is 7.78. The van der Waals surface area contributed by atoms with E-state index in [-0.39, 0.29) is 0 Å². The highest BCUT2D eigenvalue weighted by molar-refractivity contribution is 6.08. The van der Waals surface area contributed by atoms with Gasteiger partial charge in [0, 0.05) is 16.3 Å². The van der Waals surface area contributed by atoms with Crippen molar-refractivity contribution in [3.63, 3.8) is 0 Å². The van der Waals surface area contributed by atoms with E-state index in [0.717, 1.165) is 12.0 Å². The molecule has 1 nitrogen and oxygen atoms in total. The van der Waals surface area contributed by atoms with Crippen LogP contribution in [0.5, 0.6) is 0 Å². The molecule has 1 unspecified atom stereocenters. The first kappa shape index (κ1) is 10.2. The lowest BCUT2D eigenvalue weighted by Crippen LogP contribution is -2.27. The maximum Gasteiger partial charge on any atom is 0.0201 e. The fraction of sp³-hybridized carbons (Fsp3) is 1.00. The molecule has 0 spiro atoms. The second-order valence-corrected chi connectivity index (χ2v) is 4.14. The Morgan fingerprint density at radius 1 is 1.20 bits per heavy atom. The first-order chi connectivity index (χ1) is 4.66. The average Bonchev–Trinajstić information content (AvgIpc) is 1.85. The van der Waals surface area contributed by atoms with Crippen LogP contribution in [0.2, 0.25) is 0 Å². The zero-order chi connectivity index (χ0) is 7.98. The molecule has 0 fully saturated rings. The van der Waals surface area contributed by atoms with Gasteiger partial charge in [-0.1, -0.05) is 13.8 Å². The minimum Gasteiger partial charge on any atom is -0.318 e. The van der Waals surface area contributed by atoms with E-state index in [1.165, 1.54) is 29.3 Å². The van der Waals surface area contributed by atoms with E-state index < -0.39 is 0 Å². The van der Waals surface area contributed by atoms with Crippen LogP contribution >= 0.6 is 0 Å². The maximum absolute atomic E-state index is 3.46. The van der Waals surface area contributed by atoms with Crippen molar-refractivity contribution in [2.45, 2.75) is 39.7 Å². The molecule has 0 aromatic heterocycles. The molecule has 0 saturated heterocycles. The van der Waals surface area contributed by atoms with Gasteiger partial charge in [0.25, 0.3) is 0 Å². The Morgan fingerprint density at radius 2 is 1.80 bits per heavy atom. The van der Waals surface area contributed by atoms with Gasteiger partial charge >= 0.3 is 0 Å². The topological polar surface area (TPSA) is 12.0 Å². The Bertz CT molecular complexity index is 73.7. The van der Waals surface area contributed by atoms with Crippen molar-refractivity contribution in [1.29, 1.82) is 0 Å². The van der Waals surface area contributed by atoms with Crippen LogP contribution in [0, 0.1) is 5.92 Å². The van der Waals surface area contributed by atoms with Gasteiger partial charge in [0.15, 0.2) is 0 Å². The highest BCUT2D eigenvalue weighted by atomic mass is 28.1. The molecule has 0 aromatic carbocycles. The zero-order valence-corrected chi connectivity index (χ0v) is 9.78. The van der Waals surface area contributed by atoms with Crippen molar-refractivity contribution in [1.82, 2.24) is 5.32 Å². The largest absolute Gasteiger partial charge is 0.318 e. The molecule has 1 N–H and O–H groups in total. The number of hydrogen-bond acceptors (Lipinski definition) is 1. The molecule has 1 atom stereocenters. The highest BCUT2D eigenvalue weighted by Crippen LogP contribution is 2.05. The van der Waals surface area contributed by atoms with E-state index in [9.17, 15) is 0 Å². The Hall–Kier alpha value is 0.177. The van der Waals surface area contributed by atoms with Crippen LogP contribution in [-0.4, -0.2) is 22.5 Å². The predicted molar refractivity (Wildman–Crippen MR) is 51.5 cm³/mol. The molecule has 0 aromatic rings. The van der Waals surface area contributed by atoms with Crippen molar-refractivity contribution in [2.24, 2.45) is 5.92 Å². The van der Waals surface area contributed by atoms with Gasteiger partial charge in [-0.2, -0.15) is 0 Å². The van der Waals surface area contributed by atoms with Crippen LogP contribution in [0.25, 0.3) is 0 Å². The Labute approximate surface area is 68.0 Å². The third-order valence-electron chi connectivity index (χ3n) is 1.73. The summed E-state index contributed by atoms with van der Waals surface area (Å²) in [6.07, 6.45) is 3.93. The Kier molecular flexibility index (Phi) is 6.03. The molecule has 0 aliphatic heterocycles. The summed E-state index contributed by atoms with van der Waals surface area (Å²) >= 11 is 0. The molecule has 0 aliphatic carbocycles. The lowest BCUT2D eigenvalue weighted by Gasteiger charge is -2.12. The summed E-state index contributed by atoms with van der Waals surface area (Å²) in [7, 11) is 1.28. The summed E-state index contributed by atoms with van der Waals surface area (Å²) in [5.74, 6) is 0.860. The summed E-state index contributed by atoms with van der Waals surface area (Å²) in [6, 6.07) is 0.736. The molecule has 0 saturated carbocycles. The van der Waals surface area contributed by atoms with Crippen LogP contribution in [0.15, 0.2) is 0 Å². The van der Waals surface area contributed by atoms with Gasteiger partial charge in [-0.05, 0) is 31.9 Å². The summed E-state index contributed by atoms with van der Waals surface area (Å²) in [4.78, 5) is 0. The Morgan fingerprint density at radius 3 is 2.20 bits per heavy atom. The van der Waals surface area contributed by atoms with Crippen molar-refractivity contribution in [3.05, 3.63) is 0 Å². The predicted octanol–water partition coefficient (Wildman–Crippen LogP) is 0.724. The van der Waals surface area contributed by atoms with Crippen LogP contribution in [0.3, 0.4) is 0 Å². The molecule has 10 heavy (non-hydrogen) atoms. The van der Waals surface area contributed by atoms with Gasteiger partial charge in [-0.15, -0.1) is 0 Å². The van der Waals surface area contributed by atoms with E-state index in [1.54, 1.807) is 0 Å². The molecular formula is C8H21NSi. The standard InChI is InChI=1S/C8H21NSi/c1-7(2)4-5-8(3)9-6-10/h7-9H,4-6H2,1-3,10H3. The SMILES string of the molecule is CC(C)CCC(C)NC[SiH3]. The number of nitrogens with one attached hydrogen (secondary N) is 1. The average molecular weight is 159 g/mol. The highest BCUT2D eigenvalue weighted by Gasteiger charge is 2.00. The van der Waals surface area contributed by atoms with Crippen LogP contribution in [0.1, 0.15) is 33.6 Å². The second kappa shape index (κ2) is 5.92. The van der Waals surface area contributed by atoms with Crippen LogP contribution in [-0.2, 0) is 0 Å². The van der Waals surface area contributed by atoms with Crippen LogP contribution in [0.4, 0.5) is 0 Å². The van der Waals surface area contributed by atoms with Crippen molar-refractivity contribution >= 4 is 10.2 Å². The molecule has 0 heterocycles. The summed E-state index contributed by atoms with van der Waals surface area (Å²) < 4.78 is 0. The third-order valence-corrected chi connectivity index (χ3v) is 2.14. The maximum atomic E-state index is 3.46. The lowest BCUT2D eigenvalue weighted by molar-refractivity contribution is 0.470. The van der Waals surface area contributed by atoms with Gasteiger partial charge in [0.1, 0.15) is 0 Å². The van der Waals surface area contributed by atoms with E-state index in [4.69, 9.17) is 0 Å². The molecule has 0 amide bonds. The first-order valence-corrected chi connectivity index (χ1v) is 5.81. The quantitative estimate of drug-likeness (QED) is 0.583. The molecule has 0 bridgehead atoms. The molecule has 0 radical (unpaired) electrons. The van der Waals surface area contributed by atoms with E-state index in [2.05, 4.69) is 26.1 Å². The third kappa shape index (κ3) is 6.30. The molecule has 0 aliphatic rings. The van der Waals surface area contributed by atoms with E-state index >= 15 is 0 Å². The van der Waals surface area contributed by atoms with Crippen molar-refractivity contribution in [3.8, 4) is 0 Å². The molecular weight excluding hydrogens is 138 g/mol. The van der Waals surface area contributed by atoms with E-state index in [0.29, 0.717) is 0 Å². The van der Waals surface area contributed by atoms with Gasteiger partial charge in [-0.3, -0.25) is 0 Å². The monoisotopic (exact) mass is 159 g/mol. The normalized spacial score (nSPS) is 14.4. The smallest absolute Gasteiger partial charge is 0.0201 e. The summed E-state index contributed by atoms with van der Waals surface area (Å²) in [6.45, 7) is 6.85. The summed E-state index contributed by atoms with van der Waals surface area (Å²) in [5, 5.41) is 3.46. The van der Waals surface area contributed by atoms with Crippen molar-refractivity contribution in [2.75, 3.05) is 6.17 Å². The first-order valence-electron chi connectivity index (χ1n) is 4.40.